The van der Waals surface area contributed by atoms with Crippen LogP contribution in [-0.2, 0) is 0 Å². The van der Waals surface area contributed by atoms with Gasteiger partial charge in [0.15, 0.2) is 5.78 Å². The molecule has 0 radical (unpaired) electrons. The van der Waals surface area contributed by atoms with Crippen molar-refractivity contribution >= 4 is 5.78 Å². The number of carbonyl (C=O) groups excluding carboxylic acids is 1. The van der Waals surface area contributed by atoms with Crippen molar-refractivity contribution in [3.8, 4) is 0 Å². The van der Waals surface area contributed by atoms with Crippen LogP contribution in [0.3, 0.4) is 0 Å². The number of hydrogen-bond donors (Lipinski definition) is 0. The molecule has 1 heteroatoms. The van der Waals surface area contributed by atoms with E-state index in [1.807, 2.05) is 37.3 Å². The van der Waals surface area contributed by atoms with Gasteiger partial charge in [0.1, 0.15) is 0 Å². The zero-order valence-corrected chi connectivity index (χ0v) is 7.92. The van der Waals surface area contributed by atoms with Gasteiger partial charge in [0.2, 0.25) is 0 Å². The van der Waals surface area contributed by atoms with Gasteiger partial charge in [-0.05, 0) is 6.42 Å². The third kappa shape index (κ3) is 2.86. The number of rotatable bonds is 4. The molecule has 68 valence electrons. The Kier molecular flexibility index (Phi) is 3.44. The molecule has 0 fully saturated rings. The van der Waals surface area contributed by atoms with Crippen LogP contribution in [0.5, 0.6) is 0 Å². The molecule has 0 unspecified atom stereocenters. The van der Waals surface area contributed by atoms with Crippen molar-refractivity contribution in [2.75, 3.05) is 0 Å². The third-order valence-electron chi connectivity index (χ3n) is 2.01. The molecule has 0 amide bonds. The molecule has 1 aromatic carbocycles. The van der Waals surface area contributed by atoms with Crippen LogP contribution in [0.4, 0.5) is 0 Å². The summed E-state index contributed by atoms with van der Waals surface area (Å²) < 4.78 is 0. The minimum Gasteiger partial charge on any atom is -0.294 e. The van der Waals surface area contributed by atoms with Crippen LogP contribution >= 0.6 is 0 Å². The predicted octanol–water partition coefficient (Wildman–Crippen LogP) is 3.23. The molecule has 0 aliphatic heterocycles. The summed E-state index contributed by atoms with van der Waals surface area (Å²) in [6, 6.07) is 9.34. The minimum absolute atomic E-state index is 0.160. The fourth-order valence-electron chi connectivity index (χ4n) is 1.08. The lowest BCUT2D eigenvalue weighted by Gasteiger charge is -2.01. The van der Waals surface area contributed by atoms with Crippen LogP contribution in [0.25, 0.3) is 0 Å². The van der Waals surface area contributed by atoms with Crippen LogP contribution in [0, 0.1) is 0 Å². The summed E-state index contributed by atoms with van der Waals surface area (Å²) in [4.78, 5) is 11.6. The van der Waals surface area contributed by atoms with Gasteiger partial charge < -0.3 is 0 Å². The molecule has 1 nitrogen and oxygen atoms in total. The third-order valence-corrected chi connectivity index (χ3v) is 2.01. The fraction of sp³-hybridized carbons (Fsp3) is 0.250. The van der Waals surface area contributed by atoms with Crippen LogP contribution in [0.2, 0.25) is 0 Å². The second kappa shape index (κ2) is 4.61. The summed E-state index contributed by atoms with van der Waals surface area (Å²) in [7, 11) is 0. The molecule has 0 aromatic heterocycles. The Bertz CT molecular complexity index is 298. The summed E-state index contributed by atoms with van der Waals surface area (Å²) in [5.74, 6) is 0.160. The molecule has 0 heterocycles. The minimum atomic E-state index is 0.160. The summed E-state index contributed by atoms with van der Waals surface area (Å²) >= 11 is 0. The Morgan fingerprint density at radius 2 is 1.92 bits per heavy atom. The van der Waals surface area contributed by atoms with Crippen molar-refractivity contribution in [2.24, 2.45) is 0 Å². The highest BCUT2D eigenvalue weighted by molar-refractivity contribution is 5.97. The molecule has 0 N–H and O–H groups in total. The van der Waals surface area contributed by atoms with Gasteiger partial charge in [-0.15, -0.1) is 0 Å². The van der Waals surface area contributed by atoms with Crippen molar-refractivity contribution in [1.29, 1.82) is 0 Å². The molecule has 0 saturated heterocycles. The highest BCUT2D eigenvalue weighted by atomic mass is 16.1. The fourth-order valence-corrected chi connectivity index (χ4v) is 1.08. The van der Waals surface area contributed by atoms with Crippen LogP contribution in [0.1, 0.15) is 30.1 Å². The van der Waals surface area contributed by atoms with Gasteiger partial charge in [-0.25, -0.2) is 0 Å². The second-order valence-electron chi connectivity index (χ2n) is 3.07. The first-order chi connectivity index (χ1) is 6.24. The summed E-state index contributed by atoms with van der Waals surface area (Å²) in [5, 5.41) is 0. The van der Waals surface area contributed by atoms with E-state index < -0.39 is 0 Å². The first-order valence-corrected chi connectivity index (χ1v) is 4.49. The molecular weight excluding hydrogens is 160 g/mol. The van der Waals surface area contributed by atoms with Crippen LogP contribution in [0.15, 0.2) is 42.5 Å². The normalized spacial score (nSPS) is 9.62. The lowest BCUT2D eigenvalue weighted by Crippen LogP contribution is -1.99. The molecule has 1 aromatic rings. The maximum absolute atomic E-state index is 11.6. The van der Waals surface area contributed by atoms with Gasteiger partial charge in [0.05, 0.1) is 0 Å². The monoisotopic (exact) mass is 174 g/mol. The maximum Gasteiger partial charge on any atom is 0.166 e. The number of hydrogen-bond acceptors (Lipinski definition) is 1. The van der Waals surface area contributed by atoms with Gasteiger partial charge >= 0.3 is 0 Å². The molecule has 0 atom stereocenters. The number of allylic oxidation sites excluding steroid dienone is 1. The van der Waals surface area contributed by atoms with Crippen molar-refractivity contribution in [3.05, 3.63) is 48.0 Å². The zero-order chi connectivity index (χ0) is 9.68. The molecular formula is C12H14O. The Balaban J connectivity index is 2.65. The van der Waals surface area contributed by atoms with Gasteiger partial charge in [-0.2, -0.15) is 0 Å². The molecule has 13 heavy (non-hydrogen) atoms. The molecule has 0 spiro atoms. The Hall–Kier alpha value is -1.37. The Labute approximate surface area is 79.1 Å². The predicted molar refractivity (Wildman–Crippen MR) is 54.8 cm³/mol. The lowest BCUT2D eigenvalue weighted by molar-refractivity contribution is 0.0992. The first kappa shape index (κ1) is 9.72. The molecule has 0 saturated carbocycles. The Morgan fingerprint density at radius 1 is 1.31 bits per heavy atom. The van der Waals surface area contributed by atoms with E-state index in [1.54, 1.807) is 0 Å². The molecule has 0 aliphatic rings. The zero-order valence-electron chi connectivity index (χ0n) is 7.92. The highest BCUT2D eigenvalue weighted by Crippen LogP contribution is 2.09. The standard InChI is InChI=1S/C12H14O/c1-3-10(2)9-12(13)11-7-5-4-6-8-11/h4-8H,2-3,9H2,1H3. The van der Waals surface area contributed by atoms with Crippen molar-refractivity contribution < 1.29 is 4.79 Å². The number of carbonyl (C=O) groups is 1. The van der Waals surface area contributed by atoms with E-state index in [1.165, 1.54) is 0 Å². The highest BCUT2D eigenvalue weighted by Gasteiger charge is 2.05. The topological polar surface area (TPSA) is 17.1 Å². The van der Waals surface area contributed by atoms with Gasteiger partial charge in [0, 0.05) is 12.0 Å². The van der Waals surface area contributed by atoms with E-state index in [-0.39, 0.29) is 5.78 Å². The molecule has 0 bridgehead atoms. The van der Waals surface area contributed by atoms with Crippen molar-refractivity contribution in [3.63, 3.8) is 0 Å². The quantitative estimate of drug-likeness (QED) is 0.506. The van der Waals surface area contributed by atoms with Crippen LogP contribution < -0.4 is 0 Å². The number of Topliss-reactive ketones (excluding diaryl/α,β-unsaturated/α-hetero) is 1. The lowest BCUT2D eigenvalue weighted by atomic mass is 10.0. The van der Waals surface area contributed by atoms with Gasteiger partial charge in [0.25, 0.3) is 0 Å². The van der Waals surface area contributed by atoms with E-state index >= 15 is 0 Å². The first-order valence-electron chi connectivity index (χ1n) is 4.49. The largest absolute Gasteiger partial charge is 0.294 e. The van der Waals surface area contributed by atoms with Crippen molar-refractivity contribution in [1.82, 2.24) is 0 Å². The van der Waals surface area contributed by atoms with E-state index in [4.69, 9.17) is 0 Å². The Morgan fingerprint density at radius 3 is 2.46 bits per heavy atom. The van der Waals surface area contributed by atoms with Gasteiger partial charge in [-0.3, -0.25) is 4.79 Å². The summed E-state index contributed by atoms with van der Waals surface area (Å²) in [5.41, 5.74) is 1.77. The molecule has 0 aliphatic carbocycles. The number of benzene rings is 1. The SMILES string of the molecule is C=C(CC)CC(=O)c1ccccc1. The molecule has 1 rings (SSSR count). The average molecular weight is 174 g/mol. The number of ketones is 1. The van der Waals surface area contributed by atoms with Crippen LogP contribution in [-0.4, -0.2) is 5.78 Å². The smallest absolute Gasteiger partial charge is 0.166 e. The van der Waals surface area contributed by atoms with Gasteiger partial charge in [-0.1, -0.05) is 49.4 Å². The summed E-state index contributed by atoms with van der Waals surface area (Å²) in [6.45, 7) is 5.83. The van der Waals surface area contributed by atoms with E-state index in [0.29, 0.717) is 6.42 Å². The van der Waals surface area contributed by atoms with Crippen molar-refractivity contribution in [2.45, 2.75) is 19.8 Å². The summed E-state index contributed by atoms with van der Waals surface area (Å²) in [6.07, 6.45) is 1.35. The van der Waals surface area contributed by atoms with E-state index in [0.717, 1.165) is 17.6 Å². The van der Waals surface area contributed by atoms with E-state index in [2.05, 4.69) is 6.58 Å². The van der Waals surface area contributed by atoms with E-state index in [9.17, 15) is 4.79 Å². The maximum atomic E-state index is 11.6. The average Bonchev–Trinajstić information content (AvgIpc) is 2.19. The second-order valence-corrected chi connectivity index (χ2v) is 3.07.